The van der Waals surface area contributed by atoms with Gasteiger partial charge in [-0.2, -0.15) is 4.98 Å². The van der Waals surface area contributed by atoms with Gasteiger partial charge in [0.2, 0.25) is 11.9 Å². The average Bonchev–Trinajstić information content (AvgIpc) is 3.20. The van der Waals surface area contributed by atoms with Crippen LogP contribution in [0.4, 0.5) is 5.95 Å². The van der Waals surface area contributed by atoms with Crippen molar-refractivity contribution in [3.8, 4) is 5.75 Å². The third-order valence-electron chi connectivity index (χ3n) is 5.69. The summed E-state index contributed by atoms with van der Waals surface area (Å²) in [6.45, 7) is 1.42. The van der Waals surface area contributed by atoms with Crippen LogP contribution in [-0.4, -0.2) is 68.3 Å². The van der Waals surface area contributed by atoms with E-state index in [0.717, 1.165) is 0 Å². The van der Waals surface area contributed by atoms with Crippen LogP contribution in [0.5, 0.6) is 5.75 Å². The number of aromatic amines is 1. The van der Waals surface area contributed by atoms with E-state index in [-0.39, 0.29) is 41.1 Å². The van der Waals surface area contributed by atoms with Gasteiger partial charge in [-0.3, -0.25) is 19.4 Å². The lowest BCUT2D eigenvalue weighted by Gasteiger charge is -2.31. The van der Waals surface area contributed by atoms with Crippen molar-refractivity contribution in [2.75, 3.05) is 32.1 Å². The van der Waals surface area contributed by atoms with Crippen molar-refractivity contribution in [1.82, 2.24) is 29.9 Å². The van der Waals surface area contributed by atoms with Crippen LogP contribution in [0.15, 0.2) is 29.1 Å². The van der Waals surface area contributed by atoms with Crippen molar-refractivity contribution in [3.63, 3.8) is 0 Å². The molecule has 11 nitrogen and oxygen atoms in total. The summed E-state index contributed by atoms with van der Waals surface area (Å²) >= 11 is 0. The standard InChI is InChI=1S/C21H25N7O4/c1-27-19-17(25-26-27)20(31)24-21(23-19)22-10-7-16(29)28-11-8-14(9-12-28)18(30)13-3-5-15(32-2)6-4-13/h3-6,14H,7-12H2,1-2H3,(H2,22,23,24,31). The van der Waals surface area contributed by atoms with E-state index in [2.05, 4.69) is 25.6 Å². The van der Waals surface area contributed by atoms with E-state index in [1.807, 2.05) is 0 Å². The number of Topliss-reactive ketones (excluding diaryl/α,β-unsaturated/α-hetero) is 1. The number of likely N-dealkylation sites (tertiary alicyclic amines) is 1. The maximum Gasteiger partial charge on any atom is 0.282 e. The van der Waals surface area contributed by atoms with Crippen molar-refractivity contribution >= 4 is 28.8 Å². The zero-order valence-corrected chi connectivity index (χ0v) is 18.0. The molecule has 1 fully saturated rings. The Kier molecular flexibility index (Phi) is 6.15. The lowest BCUT2D eigenvalue weighted by Crippen LogP contribution is -2.40. The van der Waals surface area contributed by atoms with Crippen LogP contribution in [0, 0.1) is 5.92 Å². The number of ketones is 1. The number of amides is 1. The van der Waals surface area contributed by atoms with Gasteiger partial charge in [0.05, 0.1) is 7.11 Å². The first-order chi connectivity index (χ1) is 15.5. The average molecular weight is 439 g/mol. The van der Waals surface area contributed by atoms with Crippen LogP contribution in [0.3, 0.4) is 0 Å². The summed E-state index contributed by atoms with van der Waals surface area (Å²) in [7, 11) is 3.24. The SMILES string of the molecule is COc1ccc(C(=O)C2CCN(C(=O)CCNc3nc4c(nnn4C)c(=O)[nH]3)CC2)cc1. The fourth-order valence-electron chi connectivity index (χ4n) is 3.84. The summed E-state index contributed by atoms with van der Waals surface area (Å²) < 4.78 is 6.55. The maximum atomic E-state index is 12.7. The number of nitrogens with one attached hydrogen (secondary N) is 2. The van der Waals surface area contributed by atoms with Gasteiger partial charge in [-0.15, -0.1) is 5.10 Å². The highest BCUT2D eigenvalue weighted by Gasteiger charge is 2.27. The Labute approximate surface area is 183 Å². The largest absolute Gasteiger partial charge is 0.497 e. The fourth-order valence-corrected chi connectivity index (χ4v) is 3.84. The molecule has 0 atom stereocenters. The molecule has 0 unspecified atom stereocenters. The van der Waals surface area contributed by atoms with Gasteiger partial charge in [0.25, 0.3) is 5.56 Å². The Hall–Kier alpha value is -3.76. The van der Waals surface area contributed by atoms with E-state index >= 15 is 0 Å². The molecule has 1 saturated heterocycles. The molecule has 0 saturated carbocycles. The lowest BCUT2D eigenvalue weighted by molar-refractivity contribution is -0.132. The third-order valence-corrected chi connectivity index (χ3v) is 5.69. The number of piperidine rings is 1. The topological polar surface area (TPSA) is 135 Å². The van der Waals surface area contributed by atoms with Crippen LogP contribution in [0.1, 0.15) is 29.6 Å². The molecule has 1 amide bonds. The molecule has 0 bridgehead atoms. The number of ether oxygens (including phenoxy) is 1. The van der Waals surface area contributed by atoms with Gasteiger partial charge in [0.15, 0.2) is 16.9 Å². The number of H-pyrrole nitrogens is 1. The molecule has 1 aromatic carbocycles. The first-order valence-corrected chi connectivity index (χ1v) is 10.5. The number of rotatable bonds is 7. The van der Waals surface area contributed by atoms with Crippen molar-refractivity contribution in [3.05, 3.63) is 40.2 Å². The second kappa shape index (κ2) is 9.16. The monoisotopic (exact) mass is 439 g/mol. The van der Waals surface area contributed by atoms with Crippen molar-refractivity contribution < 1.29 is 14.3 Å². The number of hydrogen-bond donors (Lipinski definition) is 2. The Morgan fingerprint density at radius 1 is 1.22 bits per heavy atom. The van der Waals surface area contributed by atoms with E-state index in [9.17, 15) is 14.4 Å². The Bertz CT molecular complexity index is 1180. The fraction of sp³-hybridized carbons (Fsp3) is 0.429. The number of carbonyl (C=O) groups is 2. The van der Waals surface area contributed by atoms with Gasteiger partial charge in [-0.25, -0.2) is 4.68 Å². The molecular weight excluding hydrogens is 414 g/mol. The van der Waals surface area contributed by atoms with Crippen LogP contribution in [0.2, 0.25) is 0 Å². The Morgan fingerprint density at radius 2 is 1.94 bits per heavy atom. The second-order valence-electron chi connectivity index (χ2n) is 7.72. The summed E-state index contributed by atoms with van der Waals surface area (Å²) in [4.78, 5) is 46.0. The van der Waals surface area contributed by atoms with Crippen LogP contribution >= 0.6 is 0 Å². The van der Waals surface area contributed by atoms with Crippen LogP contribution in [0.25, 0.3) is 11.2 Å². The summed E-state index contributed by atoms with van der Waals surface area (Å²) in [6.07, 6.45) is 1.54. The number of benzene rings is 1. The molecule has 2 N–H and O–H groups in total. The number of aromatic nitrogens is 5. The Balaban J connectivity index is 1.26. The van der Waals surface area contributed by atoms with E-state index < -0.39 is 0 Å². The highest BCUT2D eigenvalue weighted by molar-refractivity contribution is 5.98. The van der Waals surface area contributed by atoms with E-state index in [1.54, 1.807) is 43.3 Å². The molecule has 0 aliphatic carbocycles. The van der Waals surface area contributed by atoms with Gasteiger partial charge in [0.1, 0.15) is 5.75 Å². The first kappa shape index (κ1) is 21.5. The predicted octanol–water partition coefficient (Wildman–Crippen LogP) is 0.984. The van der Waals surface area contributed by atoms with Crippen molar-refractivity contribution in [2.24, 2.45) is 13.0 Å². The van der Waals surface area contributed by atoms with Crippen LogP contribution in [-0.2, 0) is 11.8 Å². The number of nitrogens with zero attached hydrogens (tertiary/aromatic N) is 5. The minimum Gasteiger partial charge on any atom is -0.497 e. The normalized spacial score (nSPS) is 14.5. The molecule has 32 heavy (non-hydrogen) atoms. The molecule has 3 heterocycles. The minimum atomic E-state index is -0.388. The number of carbonyl (C=O) groups excluding carboxylic acids is 2. The van der Waals surface area contributed by atoms with Gasteiger partial charge in [-0.05, 0) is 37.1 Å². The third kappa shape index (κ3) is 4.46. The second-order valence-corrected chi connectivity index (χ2v) is 7.72. The van der Waals surface area contributed by atoms with Gasteiger partial charge in [-0.1, -0.05) is 5.21 Å². The van der Waals surface area contributed by atoms with E-state index in [1.165, 1.54) is 4.68 Å². The summed E-state index contributed by atoms with van der Waals surface area (Å²) in [5, 5.41) is 10.5. The van der Waals surface area contributed by atoms with Crippen molar-refractivity contribution in [2.45, 2.75) is 19.3 Å². The quantitative estimate of drug-likeness (QED) is 0.520. The maximum absolute atomic E-state index is 12.7. The predicted molar refractivity (Wildman–Crippen MR) is 117 cm³/mol. The summed E-state index contributed by atoms with van der Waals surface area (Å²) in [5.74, 6) is 1.00. The number of methoxy groups -OCH3 is 1. The highest BCUT2D eigenvalue weighted by Crippen LogP contribution is 2.23. The number of anilines is 1. The van der Waals surface area contributed by atoms with E-state index in [0.29, 0.717) is 49.4 Å². The zero-order valence-electron chi connectivity index (χ0n) is 18.0. The summed E-state index contributed by atoms with van der Waals surface area (Å²) in [5.41, 5.74) is 0.815. The number of aryl methyl sites for hydroxylation is 1. The molecule has 0 radical (unpaired) electrons. The molecule has 0 spiro atoms. The van der Waals surface area contributed by atoms with Gasteiger partial charge >= 0.3 is 0 Å². The minimum absolute atomic E-state index is 0.00142. The summed E-state index contributed by atoms with van der Waals surface area (Å²) in [6, 6.07) is 7.12. The molecule has 168 valence electrons. The van der Waals surface area contributed by atoms with E-state index in [4.69, 9.17) is 4.74 Å². The molecule has 1 aliphatic rings. The van der Waals surface area contributed by atoms with Gasteiger partial charge in [0, 0.05) is 44.6 Å². The smallest absolute Gasteiger partial charge is 0.282 e. The first-order valence-electron chi connectivity index (χ1n) is 10.5. The molecule has 1 aliphatic heterocycles. The Morgan fingerprint density at radius 3 is 2.62 bits per heavy atom. The van der Waals surface area contributed by atoms with Crippen molar-refractivity contribution in [1.29, 1.82) is 0 Å². The number of fused-ring (bicyclic) bond motifs is 1. The zero-order chi connectivity index (χ0) is 22.7. The molecular formula is C21H25N7O4. The van der Waals surface area contributed by atoms with Gasteiger partial charge < -0.3 is 15.0 Å². The van der Waals surface area contributed by atoms with Crippen LogP contribution < -0.4 is 15.6 Å². The molecule has 2 aromatic heterocycles. The molecule has 11 heteroatoms. The lowest BCUT2D eigenvalue weighted by atomic mass is 9.89. The molecule has 4 rings (SSSR count). The molecule has 3 aromatic rings. The number of hydrogen-bond acceptors (Lipinski definition) is 8. The highest BCUT2D eigenvalue weighted by atomic mass is 16.5.